The van der Waals surface area contributed by atoms with E-state index in [2.05, 4.69) is 36.2 Å². The number of hydrogen-bond donors (Lipinski definition) is 2. The Hall–Kier alpha value is -2.99. The summed E-state index contributed by atoms with van der Waals surface area (Å²) in [5.74, 6) is 0.899. The molecule has 0 aliphatic heterocycles. The summed E-state index contributed by atoms with van der Waals surface area (Å²) in [6, 6.07) is 17.9. The fourth-order valence-electron chi connectivity index (χ4n) is 2.74. The third kappa shape index (κ3) is 3.36. The molecule has 0 unspecified atom stereocenters. The molecule has 0 saturated heterocycles. The Morgan fingerprint density at radius 2 is 1.88 bits per heavy atom. The number of nitrogens with two attached hydrogens (primary N) is 1. The number of rotatable bonds is 3. The molecule has 0 aliphatic rings. The second-order valence-electron chi connectivity index (χ2n) is 6.02. The van der Waals surface area contributed by atoms with E-state index in [0.29, 0.717) is 5.82 Å². The maximum atomic E-state index is 5.89. The van der Waals surface area contributed by atoms with Crippen LogP contribution in [-0.4, -0.2) is 15.0 Å². The Morgan fingerprint density at radius 3 is 2.65 bits per heavy atom. The molecule has 0 aliphatic carbocycles. The number of aryl methyl sites for hydroxylation is 1. The molecule has 0 atom stereocenters. The zero-order valence-electron chi connectivity index (χ0n) is 14.1. The van der Waals surface area contributed by atoms with Crippen molar-refractivity contribution in [3.8, 4) is 11.3 Å². The number of benzene rings is 2. The van der Waals surface area contributed by atoms with Crippen LogP contribution in [0.1, 0.15) is 5.56 Å². The van der Waals surface area contributed by atoms with E-state index in [9.17, 15) is 0 Å². The highest BCUT2D eigenvalue weighted by molar-refractivity contribution is 9.10. The van der Waals surface area contributed by atoms with Crippen LogP contribution in [0.5, 0.6) is 0 Å². The molecule has 5 nitrogen and oxygen atoms in total. The fraction of sp³-hybridized carbons (Fsp3) is 0.0500. The number of pyridine rings is 1. The molecule has 26 heavy (non-hydrogen) atoms. The maximum Gasteiger partial charge on any atom is 0.222 e. The van der Waals surface area contributed by atoms with Gasteiger partial charge in [0.05, 0.1) is 11.2 Å². The number of halogens is 1. The number of nitrogens with one attached hydrogen (secondary N) is 1. The van der Waals surface area contributed by atoms with Crippen molar-refractivity contribution in [2.45, 2.75) is 6.92 Å². The van der Waals surface area contributed by atoms with E-state index in [0.717, 1.165) is 37.9 Å². The molecule has 6 heteroatoms. The number of nitrogens with zero attached hydrogens (tertiary/aromatic N) is 3. The van der Waals surface area contributed by atoms with Crippen molar-refractivity contribution in [3.63, 3.8) is 0 Å². The Labute approximate surface area is 159 Å². The molecule has 0 saturated carbocycles. The number of fused-ring (bicyclic) bond motifs is 1. The molecule has 2 aromatic heterocycles. The van der Waals surface area contributed by atoms with Gasteiger partial charge >= 0.3 is 0 Å². The predicted octanol–water partition coefficient (Wildman–Crippen LogP) is 5.09. The van der Waals surface area contributed by atoms with E-state index in [1.807, 2.05) is 67.7 Å². The van der Waals surface area contributed by atoms with E-state index < -0.39 is 0 Å². The molecule has 4 aromatic rings. The van der Waals surface area contributed by atoms with Gasteiger partial charge in [-0.25, -0.2) is 4.98 Å². The van der Waals surface area contributed by atoms with Crippen molar-refractivity contribution in [1.82, 2.24) is 15.0 Å². The van der Waals surface area contributed by atoms with Gasteiger partial charge in [-0.05, 0) is 48.9 Å². The van der Waals surface area contributed by atoms with E-state index in [1.54, 1.807) is 0 Å². The average molecular weight is 406 g/mol. The minimum Gasteiger partial charge on any atom is -0.368 e. The van der Waals surface area contributed by atoms with Crippen molar-refractivity contribution in [2.24, 2.45) is 0 Å². The molecule has 2 aromatic carbocycles. The van der Waals surface area contributed by atoms with Crippen LogP contribution in [0.4, 0.5) is 17.5 Å². The molecule has 0 radical (unpaired) electrons. The van der Waals surface area contributed by atoms with E-state index in [1.165, 1.54) is 0 Å². The molecule has 4 rings (SSSR count). The molecular weight excluding hydrogens is 390 g/mol. The third-order valence-corrected chi connectivity index (χ3v) is 4.50. The van der Waals surface area contributed by atoms with Gasteiger partial charge in [0.1, 0.15) is 5.82 Å². The molecule has 2 heterocycles. The van der Waals surface area contributed by atoms with E-state index in [-0.39, 0.29) is 5.95 Å². The smallest absolute Gasteiger partial charge is 0.222 e. The highest BCUT2D eigenvalue weighted by Gasteiger charge is 2.09. The van der Waals surface area contributed by atoms with Gasteiger partial charge in [0.2, 0.25) is 5.95 Å². The van der Waals surface area contributed by atoms with Crippen molar-refractivity contribution in [3.05, 3.63) is 70.8 Å². The lowest BCUT2D eigenvalue weighted by molar-refractivity contribution is 1.23. The van der Waals surface area contributed by atoms with Gasteiger partial charge in [-0.2, -0.15) is 4.98 Å². The SMILES string of the molecule is Cc1ccc(-c2ccc3nc(N)nc(Nc4cccc(Br)c4)c3c2)nc1. The van der Waals surface area contributed by atoms with Gasteiger partial charge in [-0.15, -0.1) is 0 Å². The van der Waals surface area contributed by atoms with Gasteiger partial charge < -0.3 is 11.1 Å². The Balaban J connectivity index is 1.83. The largest absolute Gasteiger partial charge is 0.368 e. The fourth-order valence-corrected chi connectivity index (χ4v) is 3.14. The van der Waals surface area contributed by atoms with Crippen LogP contribution in [0, 0.1) is 6.92 Å². The monoisotopic (exact) mass is 405 g/mol. The molecule has 0 amide bonds. The molecule has 3 N–H and O–H groups in total. The second kappa shape index (κ2) is 6.72. The average Bonchev–Trinajstić information content (AvgIpc) is 2.62. The molecule has 0 fully saturated rings. The summed E-state index contributed by atoms with van der Waals surface area (Å²) in [4.78, 5) is 13.2. The molecule has 128 valence electrons. The van der Waals surface area contributed by atoms with Gasteiger partial charge in [0.15, 0.2) is 0 Å². The highest BCUT2D eigenvalue weighted by Crippen LogP contribution is 2.29. The summed E-state index contributed by atoms with van der Waals surface area (Å²) >= 11 is 3.48. The van der Waals surface area contributed by atoms with E-state index in [4.69, 9.17) is 5.73 Å². The van der Waals surface area contributed by atoms with Crippen molar-refractivity contribution >= 4 is 44.3 Å². The van der Waals surface area contributed by atoms with Gasteiger partial charge in [0, 0.05) is 27.3 Å². The first-order chi connectivity index (χ1) is 12.6. The standard InChI is InChI=1S/C20H16BrN5/c1-12-5-7-17(23-11-12)13-6-8-18-16(9-13)19(26-20(22)25-18)24-15-4-2-3-14(21)10-15/h2-11H,1H3,(H3,22,24,25,26). The zero-order chi connectivity index (χ0) is 18.1. The van der Waals surface area contributed by atoms with Crippen molar-refractivity contribution < 1.29 is 0 Å². The lowest BCUT2D eigenvalue weighted by atomic mass is 10.1. The third-order valence-electron chi connectivity index (χ3n) is 4.01. The summed E-state index contributed by atoms with van der Waals surface area (Å²) in [7, 11) is 0. The number of aromatic nitrogens is 3. The first-order valence-electron chi connectivity index (χ1n) is 8.11. The first-order valence-corrected chi connectivity index (χ1v) is 8.91. The Kier molecular flexibility index (Phi) is 4.26. The van der Waals surface area contributed by atoms with Crippen LogP contribution >= 0.6 is 15.9 Å². The molecule has 0 spiro atoms. The minimum atomic E-state index is 0.233. The summed E-state index contributed by atoms with van der Waals surface area (Å²) in [6.07, 6.45) is 1.86. The lowest BCUT2D eigenvalue weighted by Crippen LogP contribution is -2.01. The summed E-state index contributed by atoms with van der Waals surface area (Å²) in [6.45, 7) is 2.02. The second-order valence-corrected chi connectivity index (χ2v) is 6.93. The van der Waals surface area contributed by atoms with Crippen molar-refractivity contribution in [1.29, 1.82) is 0 Å². The summed E-state index contributed by atoms with van der Waals surface area (Å²) in [5.41, 5.74) is 10.6. The zero-order valence-corrected chi connectivity index (χ0v) is 15.7. The Bertz CT molecular complexity index is 1090. The molecular formula is C20H16BrN5. The first kappa shape index (κ1) is 16.5. The van der Waals surface area contributed by atoms with Crippen LogP contribution in [-0.2, 0) is 0 Å². The summed E-state index contributed by atoms with van der Waals surface area (Å²) < 4.78 is 0.985. The number of nitrogen functional groups attached to an aromatic ring is 1. The van der Waals surface area contributed by atoms with Crippen LogP contribution in [0.25, 0.3) is 22.2 Å². The quantitative estimate of drug-likeness (QED) is 0.496. The normalized spacial score (nSPS) is 10.8. The van der Waals surface area contributed by atoms with Gasteiger partial charge in [-0.1, -0.05) is 34.1 Å². The van der Waals surface area contributed by atoms with E-state index >= 15 is 0 Å². The predicted molar refractivity (Wildman–Crippen MR) is 109 cm³/mol. The van der Waals surface area contributed by atoms with Gasteiger partial charge in [0.25, 0.3) is 0 Å². The summed E-state index contributed by atoms with van der Waals surface area (Å²) in [5, 5.41) is 4.22. The Morgan fingerprint density at radius 1 is 1.00 bits per heavy atom. The van der Waals surface area contributed by atoms with Crippen LogP contribution < -0.4 is 11.1 Å². The number of hydrogen-bond acceptors (Lipinski definition) is 5. The van der Waals surface area contributed by atoms with Crippen LogP contribution in [0.3, 0.4) is 0 Å². The van der Waals surface area contributed by atoms with Crippen LogP contribution in [0.2, 0.25) is 0 Å². The lowest BCUT2D eigenvalue weighted by Gasteiger charge is -2.11. The van der Waals surface area contributed by atoms with Gasteiger partial charge in [-0.3, -0.25) is 4.98 Å². The molecule has 0 bridgehead atoms. The number of anilines is 3. The minimum absolute atomic E-state index is 0.233. The highest BCUT2D eigenvalue weighted by atomic mass is 79.9. The maximum absolute atomic E-state index is 5.89. The topological polar surface area (TPSA) is 76.7 Å². The van der Waals surface area contributed by atoms with Crippen LogP contribution in [0.15, 0.2) is 65.3 Å². The van der Waals surface area contributed by atoms with Crippen molar-refractivity contribution in [2.75, 3.05) is 11.1 Å².